The molecule has 1 N–H and O–H groups in total. The normalized spacial score (nSPS) is 13.0. The zero-order valence-electron chi connectivity index (χ0n) is 14.5. The van der Waals surface area contributed by atoms with Crippen molar-refractivity contribution in [3.63, 3.8) is 0 Å². The molecule has 3 rings (SSSR count). The summed E-state index contributed by atoms with van der Waals surface area (Å²) in [4.78, 5) is 26.3. The molecule has 0 bridgehead atoms. The standard InChI is InChI=1S/C19H19ClN2O4/c1-25-16-9-12-7-8-22(11-13(12)10-17(16)26-2)19(24)18(23)21-15-6-4-3-5-14(15)20/h3-6,9-10H,7-8,11H2,1-2H3,(H,21,23). The molecule has 2 amide bonds. The van der Waals surface area contributed by atoms with Gasteiger partial charge in [0.25, 0.3) is 0 Å². The predicted octanol–water partition coefficient (Wildman–Crippen LogP) is 2.88. The molecule has 0 fully saturated rings. The number of hydrogen-bond donors (Lipinski definition) is 1. The molecule has 2 aromatic rings. The maximum Gasteiger partial charge on any atom is 0.313 e. The Bertz CT molecular complexity index is 853. The van der Waals surface area contributed by atoms with E-state index in [2.05, 4.69) is 5.32 Å². The summed E-state index contributed by atoms with van der Waals surface area (Å²) in [6.45, 7) is 0.793. The molecule has 0 aromatic heterocycles. The maximum absolute atomic E-state index is 12.5. The molecule has 0 aliphatic carbocycles. The van der Waals surface area contributed by atoms with E-state index in [0.29, 0.717) is 41.7 Å². The van der Waals surface area contributed by atoms with Crippen molar-refractivity contribution in [1.29, 1.82) is 0 Å². The Morgan fingerprint density at radius 3 is 2.38 bits per heavy atom. The lowest BCUT2D eigenvalue weighted by atomic mass is 9.98. The van der Waals surface area contributed by atoms with Crippen LogP contribution in [-0.2, 0) is 22.6 Å². The summed E-state index contributed by atoms with van der Waals surface area (Å²) in [5, 5.41) is 2.95. The number of halogens is 1. The van der Waals surface area contributed by atoms with Gasteiger partial charge in [-0.15, -0.1) is 0 Å². The molecule has 0 radical (unpaired) electrons. The van der Waals surface area contributed by atoms with Gasteiger partial charge in [0.2, 0.25) is 0 Å². The third kappa shape index (κ3) is 3.60. The highest BCUT2D eigenvalue weighted by atomic mass is 35.5. The molecular formula is C19H19ClN2O4. The Hall–Kier alpha value is -2.73. The van der Waals surface area contributed by atoms with Gasteiger partial charge in [-0.05, 0) is 41.8 Å². The number of nitrogens with zero attached hydrogens (tertiary/aromatic N) is 1. The molecule has 0 atom stereocenters. The van der Waals surface area contributed by atoms with Crippen LogP contribution in [0, 0.1) is 0 Å². The summed E-state index contributed by atoms with van der Waals surface area (Å²) in [5.41, 5.74) is 2.43. The van der Waals surface area contributed by atoms with Crippen LogP contribution < -0.4 is 14.8 Å². The number of amides is 2. The van der Waals surface area contributed by atoms with Crippen molar-refractivity contribution in [2.45, 2.75) is 13.0 Å². The van der Waals surface area contributed by atoms with Crippen molar-refractivity contribution in [3.8, 4) is 11.5 Å². The lowest BCUT2D eigenvalue weighted by Crippen LogP contribution is -2.42. The van der Waals surface area contributed by atoms with Crippen LogP contribution in [-0.4, -0.2) is 37.5 Å². The van der Waals surface area contributed by atoms with E-state index in [1.165, 1.54) is 4.90 Å². The molecule has 6 nitrogen and oxygen atoms in total. The van der Waals surface area contributed by atoms with Crippen molar-refractivity contribution >= 4 is 29.1 Å². The van der Waals surface area contributed by atoms with Gasteiger partial charge in [-0.1, -0.05) is 23.7 Å². The molecule has 0 unspecified atom stereocenters. The van der Waals surface area contributed by atoms with Crippen LogP contribution in [0.5, 0.6) is 11.5 Å². The first-order valence-electron chi connectivity index (χ1n) is 8.12. The van der Waals surface area contributed by atoms with Crippen LogP contribution >= 0.6 is 11.6 Å². The Kier molecular flexibility index (Phi) is 5.32. The van der Waals surface area contributed by atoms with Crippen LogP contribution in [0.25, 0.3) is 0 Å². The van der Waals surface area contributed by atoms with Gasteiger partial charge >= 0.3 is 11.8 Å². The molecule has 1 aliphatic heterocycles. The van der Waals surface area contributed by atoms with Crippen molar-refractivity contribution in [2.75, 3.05) is 26.1 Å². The summed E-state index contributed by atoms with van der Waals surface area (Å²) >= 11 is 6.02. The fourth-order valence-corrected chi connectivity index (χ4v) is 3.12. The van der Waals surface area contributed by atoms with E-state index in [9.17, 15) is 9.59 Å². The van der Waals surface area contributed by atoms with Crippen molar-refractivity contribution in [3.05, 3.63) is 52.5 Å². The second-order valence-corrected chi connectivity index (χ2v) is 6.29. The topological polar surface area (TPSA) is 67.9 Å². The van der Waals surface area contributed by atoms with Gasteiger partial charge < -0.3 is 19.7 Å². The molecule has 7 heteroatoms. The van der Waals surface area contributed by atoms with Gasteiger partial charge in [-0.2, -0.15) is 0 Å². The van der Waals surface area contributed by atoms with E-state index >= 15 is 0 Å². The Morgan fingerprint density at radius 1 is 1.08 bits per heavy atom. The van der Waals surface area contributed by atoms with E-state index in [1.54, 1.807) is 38.5 Å². The maximum atomic E-state index is 12.5. The van der Waals surface area contributed by atoms with Gasteiger partial charge in [0.15, 0.2) is 11.5 Å². The van der Waals surface area contributed by atoms with Crippen LogP contribution in [0.3, 0.4) is 0 Å². The monoisotopic (exact) mass is 374 g/mol. The second kappa shape index (κ2) is 7.66. The number of carbonyl (C=O) groups excluding carboxylic acids is 2. The number of methoxy groups -OCH3 is 2. The minimum absolute atomic E-state index is 0.338. The summed E-state index contributed by atoms with van der Waals surface area (Å²) in [6, 6.07) is 10.6. The van der Waals surface area contributed by atoms with Crippen molar-refractivity contribution in [2.24, 2.45) is 0 Å². The van der Waals surface area contributed by atoms with Crippen molar-refractivity contribution in [1.82, 2.24) is 4.90 Å². The van der Waals surface area contributed by atoms with Crippen LogP contribution in [0.1, 0.15) is 11.1 Å². The van der Waals surface area contributed by atoms with E-state index in [4.69, 9.17) is 21.1 Å². The van der Waals surface area contributed by atoms with Gasteiger partial charge in [0.1, 0.15) is 0 Å². The number of rotatable bonds is 3. The SMILES string of the molecule is COc1cc2c(cc1OC)CN(C(=O)C(=O)Nc1ccccc1Cl)CC2. The smallest absolute Gasteiger partial charge is 0.313 e. The lowest BCUT2D eigenvalue weighted by Gasteiger charge is -2.29. The summed E-state index contributed by atoms with van der Waals surface area (Å²) in [5.74, 6) is -0.0454. The van der Waals surface area contributed by atoms with Gasteiger partial charge in [0.05, 0.1) is 24.9 Å². The predicted molar refractivity (Wildman–Crippen MR) is 98.7 cm³/mol. The van der Waals surface area contributed by atoms with Gasteiger partial charge in [-0.3, -0.25) is 9.59 Å². The molecule has 1 heterocycles. The molecule has 0 saturated heterocycles. The minimum Gasteiger partial charge on any atom is -0.493 e. The highest BCUT2D eigenvalue weighted by molar-refractivity contribution is 6.41. The van der Waals surface area contributed by atoms with Gasteiger partial charge in [-0.25, -0.2) is 0 Å². The van der Waals surface area contributed by atoms with Crippen LogP contribution in [0.2, 0.25) is 5.02 Å². The highest BCUT2D eigenvalue weighted by Gasteiger charge is 2.27. The molecule has 26 heavy (non-hydrogen) atoms. The van der Waals surface area contributed by atoms with E-state index in [1.807, 2.05) is 12.1 Å². The number of hydrogen-bond acceptors (Lipinski definition) is 4. The molecule has 1 aliphatic rings. The van der Waals surface area contributed by atoms with Crippen LogP contribution in [0.4, 0.5) is 5.69 Å². The number of carbonyl (C=O) groups is 2. The Morgan fingerprint density at radius 2 is 1.73 bits per heavy atom. The first-order valence-corrected chi connectivity index (χ1v) is 8.50. The Labute approximate surface area is 156 Å². The quantitative estimate of drug-likeness (QED) is 0.839. The third-order valence-electron chi connectivity index (χ3n) is 4.32. The molecule has 0 saturated carbocycles. The zero-order valence-corrected chi connectivity index (χ0v) is 15.3. The van der Waals surface area contributed by atoms with E-state index in [-0.39, 0.29) is 0 Å². The molecule has 136 valence electrons. The first kappa shape index (κ1) is 18.1. The Balaban J connectivity index is 1.74. The largest absolute Gasteiger partial charge is 0.493 e. The zero-order chi connectivity index (χ0) is 18.7. The summed E-state index contributed by atoms with van der Waals surface area (Å²) in [6.07, 6.45) is 0.640. The van der Waals surface area contributed by atoms with Crippen LogP contribution in [0.15, 0.2) is 36.4 Å². The second-order valence-electron chi connectivity index (χ2n) is 5.89. The average molecular weight is 375 g/mol. The number of ether oxygens (including phenoxy) is 2. The highest BCUT2D eigenvalue weighted by Crippen LogP contribution is 2.33. The average Bonchev–Trinajstić information content (AvgIpc) is 2.67. The van der Waals surface area contributed by atoms with Gasteiger partial charge in [0, 0.05) is 13.1 Å². The molecule has 2 aromatic carbocycles. The third-order valence-corrected chi connectivity index (χ3v) is 4.65. The number of nitrogens with one attached hydrogen (secondary N) is 1. The number of para-hydroxylation sites is 1. The minimum atomic E-state index is -0.706. The first-order chi connectivity index (χ1) is 12.5. The summed E-state index contributed by atoms with van der Waals surface area (Å²) in [7, 11) is 3.15. The molecular weight excluding hydrogens is 356 g/mol. The lowest BCUT2D eigenvalue weighted by molar-refractivity contribution is -0.143. The fraction of sp³-hybridized carbons (Fsp3) is 0.263. The number of fused-ring (bicyclic) bond motifs is 1. The van der Waals surface area contributed by atoms with Crippen molar-refractivity contribution < 1.29 is 19.1 Å². The van der Waals surface area contributed by atoms with E-state index in [0.717, 1.165) is 11.1 Å². The number of anilines is 1. The molecule has 0 spiro atoms. The fourth-order valence-electron chi connectivity index (χ4n) is 2.94. The number of benzene rings is 2. The van der Waals surface area contributed by atoms with E-state index < -0.39 is 11.8 Å². The summed E-state index contributed by atoms with van der Waals surface area (Å²) < 4.78 is 10.6.